The SMILES string of the molecule is COc1ccc(-c2c(-c3ccccc3)oc3ncnc(C[C@H]4CCCN(CCCC(=O)O)C4)c23)cc1. The van der Waals surface area contributed by atoms with Gasteiger partial charge in [0, 0.05) is 24.1 Å². The molecule has 0 unspecified atom stereocenters. The number of fused-ring (bicyclic) bond motifs is 1. The van der Waals surface area contributed by atoms with Gasteiger partial charge in [-0.25, -0.2) is 9.97 Å². The summed E-state index contributed by atoms with van der Waals surface area (Å²) in [5.41, 5.74) is 4.62. The lowest BCUT2D eigenvalue weighted by atomic mass is 9.90. The van der Waals surface area contributed by atoms with Gasteiger partial charge in [0.25, 0.3) is 0 Å². The van der Waals surface area contributed by atoms with Crippen LogP contribution in [0.3, 0.4) is 0 Å². The largest absolute Gasteiger partial charge is 0.497 e. The second-order valence-corrected chi connectivity index (χ2v) is 9.41. The Bertz CT molecular complexity index is 1320. The first-order chi connectivity index (χ1) is 17.6. The second-order valence-electron chi connectivity index (χ2n) is 9.41. The van der Waals surface area contributed by atoms with E-state index in [1.165, 1.54) is 0 Å². The molecule has 0 bridgehead atoms. The highest BCUT2D eigenvalue weighted by molar-refractivity contribution is 6.01. The number of aromatic nitrogens is 2. The van der Waals surface area contributed by atoms with Crippen molar-refractivity contribution in [2.45, 2.75) is 32.1 Å². The van der Waals surface area contributed by atoms with Crippen LogP contribution in [0.25, 0.3) is 33.6 Å². The Balaban J connectivity index is 1.50. The summed E-state index contributed by atoms with van der Waals surface area (Å²) >= 11 is 0. The summed E-state index contributed by atoms with van der Waals surface area (Å²) in [5, 5.41) is 9.94. The van der Waals surface area contributed by atoms with Crippen LogP contribution in [0.5, 0.6) is 5.75 Å². The smallest absolute Gasteiger partial charge is 0.303 e. The number of nitrogens with zero attached hydrogens (tertiary/aromatic N) is 3. The van der Waals surface area contributed by atoms with E-state index >= 15 is 0 Å². The highest BCUT2D eigenvalue weighted by Crippen LogP contribution is 2.42. The summed E-state index contributed by atoms with van der Waals surface area (Å²) in [4.78, 5) is 22.6. The third-order valence-corrected chi connectivity index (χ3v) is 6.93. The van der Waals surface area contributed by atoms with Crippen molar-refractivity contribution in [3.8, 4) is 28.2 Å². The van der Waals surface area contributed by atoms with Crippen molar-refractivity contribution in [3.63, 3.8) is 0 Å². The van der Waals surface area contributed by atoms with Crippen LogP contribution < -0.4 is 4.74 Å². The fourth-order valence-electron chi connectivity index (χ4n) is 5.22. The molecule has 7 nitrogen and oxygen atoms in total. The molecule has 1 aliphatic rings. The lowest BCUT2D eigenvalue weighted by Gasteiger charge is -2.32. The van der Waals surface area contributed by atoms with Gasteiger partial charge in [0.05, 0.1) is 18.2 Å². The molecule has 1 N–H and O–H groups in total. The maximum absolute atomic E-state index is 10.9. The van der Waals surface area contributed by atoms with E-state index in [0.717, 1.165) is 78.2 Å². The molecule has 0 radical (unpaired) electrons. The van der Waals surface area contributed by atoms with Gasteiger partial charge in [-0.3, -0.25) is 4.79 Å². The highest BCUT2D eigenvalue weighted by Gasteiger charge is 2.26. The van der Waals surface area contributed by atoms with Crippen LogP contribution in [0.15, 0.2) is 65.3 Å². The number of likely N-dealkylation sites (tertiary alicyclic amines) is 1. The summed E-state index contributed by atoms with van der Waals surface area (Å²) in [5.74, 6) is 1.30. The average Bonchev–Trinajstić information content (AvgIpc) is 3.30. The van der Waals surface area contributed by atoms with Crippen molar-refractivity contribution in [3.05, 3.63) is 66.6 Å². The number of carboxylic acids is 1. The summed E-state index contributed by atoms with van der Waals surface area (Å²) in [6, 6.07) is 18.1. The molecule has 3 heterocycles. The molecule has 1 aliphatic heterocycles. The van der Waals surface area contributed by atoms with E-state index in [1.54, 1.807) is 13.4 Å². The van der Waals surface area contributed by atoms with E-state index in [9.17, 15) is 4.79 Å². The molecule has 5 rings (SSSR count). The zero-order chi connectivity index (χ0) is 24.9. The first kappa shape index (κ1) is 24.0. The lowest BCUT2D eigenvalue weighted by Crippen LogP contribution is -2.37. The van der Waals surface area contributed by atoms with Gasteiger partial charge in [-0.1, -0.05) is 42.5 Å². The predicted molar refractivity (Wildman–Crippen MR) is 139 cm³/mol. The Labute approximate surface area is 210 Å². The molecule has 7 heteroatoms. The van der Waals surface area contributed by atoms with E-state index in [1.807, 2.05) is 42.5 Å². The number of benzene rings is 2. The van der Waals surface area contributed by atoms with Gasteiger partial charge >= 0.3 is 5.97 Å². The molecule has 36 heavy (non-hydrogen) atoms. The molecular weight excluding hydrogens is 454 g/mol. The van der Waals surface area contributed by atoms with E-state index < -0.39 is 5.97 Å². The summed E-state index contributed by atoms with van der Waals surface area (Å²) in [6.07, 6.45) is 5.56. The minimum absolute atomic E-state index is 0.218. The number of hydrogen-bond acceptors (Lipinski definition) is 6. The summed E-state index contributed by atoms with van der Waals surface area (Å²) in [6.45, 7) is 2.80. The van der Waals surface area contributed by atoms with Crippen LogP contribution in [0.4, 0.5) is 0 Å². The number of piperidine rings is 1. The van der Waals surface area contributed by atoms with Gasteiger partial charge in [0.15, 0.2) is 0 Å². The third kappa shape index (κ3) is 5.26. The Morgan fingerprint density at radius 3 is 2.67 bits per heavy atom. The fourth-order valence-corrected chi connectivity index (χ4v) is 5.22. The number of furan rings is 1. The van der Waals surface area contributed by atoms with E-state index in [0.29, 0.717) is 18.1 Å². The molecule has 0 aliphatic carbocycles. The lowest BCUT2D eigenvalue weighted by molar-refractivity contribution is -0.137. The van der Waals surface area contributed by atoms with Crippen LogP contribution >= 0.6 is 0 Å². The van der Waals surface area contributed by atoms with E-state index in [4.69, 9.17) is 19.2 Å². The summed E-state index contributed by atoms with van der Waals surface area (Å²) in [7, 11) is 1.67. The predicted octanol–water partition coefficient (Wildman–Crippen LogP) is 5.68. The first-order valence-electron chi connectivity index (χ1n) is 12.5. The van der Waals surface area contributed by atoms with Crippen molar-refractivity contribution in [2.75, 3.05) is 26.7 Å². The quantitative estimate of drug-likeness (QED) is 0.326. The Morgan fingerprint density at radius 1 is 1.11 bits per heavy atom. The van der Waals surface area contributed by atoms with Gasteiger partial charge in [0.2, 0.25) is 5.71 Å². The number of methoxy groups -OCH3 is 1. The van der Waals surface area contributed by atoms with Gasteiger partial charge < -0.3 is 19.2 Å². The third-order valence-electron chi connectivity index (χ3n) is 6.93. The van der Waals surface area contributed by atoms with Crippen LogP contribution in [0.2, 0.25) is 0 Å². The molecule has 4 aromatic rings. The van der Waals surface area contributed by atoms with Gasteiger partial charge in [-0.2, -0.15) is 0 Å². The molecule has 2 aromatic carbocycles. The number of rotatable bonds is 9. The van der Waals surface area contributed by atoms with E-state index in [-0.39, 0.29) is 6.42 Å². The minimum atomic E-state index is -0.729. The Kier molecular flexibility index (Phi) is 7.28. The second kappa shape index (κ2) is 10.9. The van der Waals surface area contributed by atoms with Crippen molar-refractivity contribution >= 4 is 17.1 Å². The molecule has 0 saturated carbocycles. The number of ether oxygens (including phenoxy) is 1. The van der Waals surface area contributed by atoms with Crippen LogP contribution in [0.1, 0.15) is 31.4 Å². The zero-order valence-electron chi connectivity index (χ0n) is 20.5. The molecule has 186 valence electrons. The number of carbonyl (C=O) groups is 1. The van der Waals surface area contributed by atoms with Crippen molar-refractivity contribution in [1.82, 2.24) is 14.9 Å². The normalized spacial score (nSPS) is 16.3. The van der Waals surface area contributed by atoms with Crippen molar-refractivity contribution in [1.29, 1.82) is 0 Å². The monoisotopic (exact) mass is 485 g/mol. The highest BCUT2D eigenvalue weighted by atomic mass is 16.5. The molecule has 2 aromatic heterocycles. The van der Waals surface area contributed by atoms with Crippen LogP contribution in [-0.4, -0.2) is 52.7 Å². The average molecular weight is 486 g/mol. The Hall–Kier alpha value is -3.71. The number of carboxylic acid groups (broad SMARTS) is 1. The number of hydrogen-bond donors (Lipinski definition) is 1. The van der Waals surface area contributed by atoms with Gasteiger partial charge in [-0.15, -0.1) is 0 Å². The molecule has 0 spiro atoms. The molecular formula is C29H31N3O4. The molecule has 1 fully saturated rings. The maximum atomic E-state index is 10.9. The maximum Gasteiger partial charge on any atom is 0.303 e. The molecule has 0 amide bonds. The molecule has 1 atom stereocenters. The van der Waals surface area contributed by atoms with Crippen LogP contribution in [-0.2, 0) is 11.2 Å². The van der Waals surface area contributed by atoms with Crippen LogP contribution in [0, 0.1) is 5.92 Å². The minimum Gasteiger partial charge on any atom is -0.497 e. The number of aliphatic carboxylic acids is 1. The fraction of sp³-hybridized carbons (Fsp3) is 0.345. The van der Waals surface area contributed by atoms with Crippen molar-refractivity contribution < 1.29 is 19.1 Å². The van der Waals surface area contributed by atoms with Gasteiger partial charge in [-0.05, 0) is 62.4 Å². The Morgan fingerprint density at radius 2 is 1.92 bits per heavy atom. The van der Waals surface area contributed by atoms with Crippen molar-refractivity contribution in [2.24, 2.45) is 5.92 Å². The van der Waals surface area contributed by atoms with Gasteiger partial charge in [0.1, 0.15) is 17.8 Å². The standard InChI is InChI=1S/C29H31N3O4/c1-35-23-13-11-21(12-14-23)26-27-24(17-20-7-5-15-32(18-20)16-6-10-25(33)34)30-19-31-29(27)36-28(26)22-8-3-2-4-9-22/h2-4,8-9,11-14,19-20H,5-7,10,15-18H2,1H3,(H,33,34)/t20-/m1/s1. The van der Waals surface area contributed by atoms with E-state index in [2.05, 4.69) is 22.0 Å². The first-order valence-corrected chi connectivity index (χ1v) is 12.5. The topological polar surface area (TPSA) is 88.7 Å². The summed E-state index contributed by atoms with van der Waals surface area (Å²) < 4.78 is 11.8. The zero-order valence-corrected chi connectivity index (χ0v) is 20.5. The molecule has 1 saturated heterocycles.